The number of carbonyl (C=O) groups excluding carboxylic acids is 1. The Bertz CT molecular complexity index is 1850. The van der Waals surface area contributed by atoms with Crippen LogP contribution in [0.3, 0.4) is 0 Å². The molecule has 9 rings (SSSR count). The van der Waals surface area contributed by atoms with Gasteiger partial charge < -0.3 is 79.1 Å². The first-order valence-corrected chi connectivity index (χ1v) is 24.1. The Kier molecular flexibility index (Phi) is 12.1. The van der Waals surface area contributed by atoms with Crippen LogP contribution in [0.15, 0.2) is 12.2 Å². The third-order valence-corrected chi connectivity index (χ3v) is 19.8. The number of aliphatic hydroxyl groups is 9. The molecule has 0 amide bonds. The number of hydrogen-bond donors (Lipinski definition) is 9. The summed E-state index contributed by atoms with van der Waals surface area (Å²) in [4.78, 5) is 13.5. The first kappa shape index (κ1) is 48.8. The lowest BCUT2D eigenvalue weighted by atomic mass is 9.32. The Hall–Kier alpha value is -1.23. The Balaban J connectivity index is 0.978. The molecule has 0 aromatic carbocycles. The third-order valence-electron chi connectivity index (χ3n) is 19.8. The molecule has 8 fully saturated rings. The van der Waals surface area contributed by atoms with E-state index in [2.05, 4.69) is 46.8 Å². The van der Waals surface area contributed by atoms with E-state index in [-0.39, 0.29) is 34.4 Å². The minimum atomic E-state index is -1.80. The molecule has 65 heavy (non-hydrogen) atoms. The van der Waals surface area contributed by atoms with Crippen LogP contribution < -0.4 is 0 Å². The number of hydrogen-bond acceptors (Lipinski definition) is 17. The maximum Gasteiger partial charge on any atom is 0.187 e. The van der Waals surface area contributed by atoms with E-state index in [1.54, 1.807) is 6.92 Å². The minimum Gasteiger partial charge on any atom is -0.394 e. The highest BCUT2D eigenvalue weighted by molar-refractivity contribution is 5.86. The SMILES string of the molecule is C[C@@H]1O[C@@H](O[C@H]2[C@H](O[C@H]3[C@H](O[C@H]4CC[C@]5(C)[C@H]6C=CC78OC[C@@]9(CC(=O)C(C)(C)C[C@@H]79)[C@H](O)C[C@@]8(C)[C@]6(C)CC[C@H]5C4(C)C)O[C@H](C)[C@H](O)[C@@H]3O)O[C@H](CO)[C@@H](O)[C@@H]2O)[C@H](O)[C@@H](O)[C@@H]1O. The van der Waals surface area contributed by atoms with Gasteiger partial charge in [-0.1, -0.05) is 60.6 Å². The maximum absolute atomic E-state index is 13.5. The van der Waals surface area contributed by atoms with E-state index in [0.717, 1.165) is 19.3 Å². The highest BCUT2D eigenvalue weighted by atomic mass is 16.8. The van der Waals surface area contributed by atoms with E-state index in [0.29, 0.717) is 32.3 Å². The van der Waals surface area contributed by atoms with Crippen molar-refractivity contribution >= 4 is 5.78 Å². The van der Waals surface area contributed by atoms with Gasteiger partial charge in [0, 0.05) is 28.6 Å². The van der Waals surface area contributed by atoms with Gasteiger partial charge in [0.2, 0.25) is 0 Å². The van der Waals surface area contributed by atoms with Gasteiger partial charge in [0.1, 0.15) is 66.8 Å². The summed E-state index contributed by atoms with van der Waals surface area (Å²) in [5.74, 6) is 0.490. The summed E-state index contributed by atoms with van der Waals surface area (Å²) in [5, 5.41) is 98.8. The predicted molar refractivity (Wildman–Crippen MR) is 227 cm³/mol. The molecule has 370 valence electrons. The van der Waals surface area contributed by atoms with Crippen LogP contribution in [-0.2, 0) is 38.0 Å². The highest BCUT2D eigenvalue weighted by Crippen LogP contribution is 2.79. The van der Waals surface area contributed by atoms with Gasteiger partial charge in [0.25, 0.3) is 0 Å². The van der Waals surface area contributed by atoms with E-state index < -0.39 is 138 Å². The molecule has 4 heterocycles. The number of aliphatic hydroxyl groups excluding tert-OH is 9. The Morgan fingerprint density at radius 2 is 1.28 bits per heavy atom. The van der Waals surface area contributed by atoms with Crippen LogP contribution in [0.25, 0.3) is 0 Å². The molecule has 4 saturated heterocycles. The first-order valence-electron chi connectivity index (χ1n) is 24.1. The van der Waals surface area contributed by atoms with Crippen molar-refractivity contribution < 1.29 is 83.9 Å². The zero-order valence-electron chi connectivity index (χ0n) is 39.4. The van der Waals surface area contributed by atoms with Crippen molar-refractivity contribution in [2.24, 2.45) is 50.2 Å². The second-order valence-electron chi connectivity index (χ2n) is 23.7. The lowest BCUT2D eigenvalue weighted by Crippen LogP contribution is -2.73. The fraction of sp³-hybridized carbons (Fsp3) is 0.938. The lowest BCUT2D eigenvalue weighted by Gasteiger charge is -2.73. The van der Waals surface area contributed by atoms with Crippen LogP contribution in [0.1, 0.15) is 107 Å². The highest BCUT2D eigenvalue weighted by Gasteiger charge is 2.79. The summed E-state index contributed by atoms with van der Waals surface area (Å²) in [6.07, 6.45) is -14.1. The molecule has 17 nitrogen and oxygen atoms in total. The molecule has 1 unspecified atom stereocenters. The van der Waals surface area contributed by atoms with Gasteiger partial charge in [0.15, 0.2) is 18.9 Å². The fourth-order valence-electron chi connectivity index (χ4n) is 15.5. The topological polar surface area (TPSA) is 264 Å². The first-order chi connectivity index (χ1) is 30.2. The number of Topliss-reactive ketones (excluding diaryl/α,β-unsaturated/α-hetero) is 1. The van der Waals surface area contributed by atoms with E-state index in [9.17, 15) is 50.8 Å². The molecule has 5 aliphatic carbocycles. The summed E-state index contributed by atoms with van der Waals surface area (Å²) in [6, 6.07) is 0. The smallest absolute Gasteiger partial charge is 0.187 e. The molecule has 0 radical (unpaired) electrons. The van der Waals surface area contributed by atoms with Gasteiger partial charge >= 0.3 is 0 Å². The van der Waals surface area contributed by atoms with Crippen LogP contribution in [-0.4, -0.2) is 175 Å². The quantitative estimate of drug-likeness (QED) is 0.127. The number of ether oxygens (including phenoxy) is 7. The average molecular weight is 925 g/mol. The van der Waals surface area contributed by atoms with Crippen molar-refractivity contribution in [3.05, 3.63) is 12.2 Å². The summed E-state index contributed by atoms with van der Waals surface area (Å²) >= 11 is 0. The van der Waals surface area contributed by atoms with Gasteiger partial charge in [-0.15, -0.1) is 0 Å². The zero-order chi connectivity index (χ0) is 47.4. The summed E-state index contributed by atoms with van der Waals surface area (Å²) in [6.45, 7) is 18.3. The van der Waals surface area contributed by atoms with Crippen molar-refractivity contribution in [1.29, 1.82) is 0 Å². The molecule has 4 aliphatic heterocycles. The Morgan fingerprint density at radius 3 is 1.94 bits per heavy atom. The van der Waals surface area contributed by atoms with Crippen LogP contribution in [0.5, 0.6) is 0 Å². The van der Waals surface area contributed by atoms with E-state index >= 15 is 0 Å². The summed E-state index contributed by atoms with van der Waals surface area (Å²) in [5.41, 5.74) is -3.03. The van der Waals surface area contributed by atoms with Crippen LogP contribution in [0.4, 0.5) is 0 Å². The van der Waals surface area contributed by atoms with Gasteiger partial charge in [-0.3, -0.25) is 4.79 Å². The van der Waals surface area contributed by atoms with Gasteiger partial charge in [-0.05, 0) is 80.5 Å². The molecule has 2 bridgehead atoms. The van der Waals surface area contributed by atoms with E-state index in [1.807, 2.05) is 13.8 Å². The van der Waals surface area contributed by atoms with E-state index in [1.165, 1.54) is 6.92 Å². The minimum absolute atomic E-state index is 0.0139. The van der Waals surface area contributed by atoms with Crippen LogP contribution in [0.2, 0.25) is 0 Å². The number of ketones is 1. The molecule has 9 aliphatic rings. The lowest BCUT2D eigenvalue weighted by molar-refractivity contribution is -0.396. The molecular weight excluding hydrogens is 849 g/mol. The van der Waals surface area contributed by atoms with Gasteiger partial charge in [-0.25, -0.2) is 0 Å². The molecule has 0 aromatic rings. The largest absolute Gasteiger partial charge is 0.394 e. The van der Waals surface area contributed by atoms with Crippen molar-refractivity contribution in [3.63, 3.8) is 0 Å². The molecule has 0 aromatic heterocycles. The van der Waals surface area contributed by atoms with Crippen molar-refractivity contribution in [1.82, 2.24) is 0 Å². The van der Waals surface area contributed by atoms with Crippen molar-refractivity contribution in [2.45, 2.75) is 217 Å². The molecule has 4 saturated carbocycles. The second kappa shape index (κ2) is 16.2. The second-order valence-corrected chi connectivity index (χ2v) is 23.7. The van der Waals surface area contributed by atoms with Gasteiger partial charge in [-0.2, -0.15) is 0 Å². The van der Waals surface area contributed by atoms with Crippen molar-refractivity contribution in [2.75, 3.05) is 13.2 Å². The maximum atomic E-state index is 13.5. The Morgan fingerprint density at radius 1 is 0.677 bits per heavy atom. The number of allylic oxidation sites excluding steroid dienone is 1. The van der Waals surface area contributed by atoms with Crippen molar-refractivity contribution in [3.8, 4) is 0 Å². The fourth-order valence-corrected chi connectivity index (χ4v) is 15.5. The Labute approximate surface area is 381 Å². The molecule has 9 N–H and O–H groups in total. The van der Waals surface area contributed by atoms with Gasteiger partial charge in [0.05, 0.1) is 43.2 Å². The van der Waals surface area contributed by atoms with Crippen LogP contribution >= 0.6 is 0 Å². The van der Waals surface area contributed by atoms with E-state index in [4.69, 9.17) is 33.2 Å². The average Bonchev–Trinajstić information content (AvgIpc) is 3.50. The molecule has 25 atom stereocenters. The number of fused-ring (bicyclic) bond motifs is 4. The summed E-state index contributed by atoms with van der Waals surface area (Å²) < 4.78 is 44.1. The molecule has 17 heteroatoms. The summed E-state index contributed by atoms with van der Waals surface area (Å²) in [7, 11) is 0. The standard InChI is InChI=1S/C48H76O17/c1-21-30(52)33(55)36(58)39(60-21)64-38-35(57)32(54)23(19-49)62-41(38)65-37-34(56)31(53)22(2)61-40(37)63-29-12-13-44(7)24(43(29,5)6)10-14-45(8)25(44)11-15-48-26-16-42(3,4)27(50)18-47(26,20-59-48)28(51)17-46(45,48)9/h11,15,21-26,28-41,49,51-58H,10,12-14,16-20H2,1-9H3/t21-,22+,23+,24-,25+,26+,28+,29-,30+,31-,32+,33-,34-,35-,36+,37+,38+,39-,40-,41-,44-,45+,46-,47+,48?/m0/s1. The number of carbonyl (C=O) groups is 1. The predicted octanol–water partition coefficient (Wildman–Crippen LogP) is 0.835. The normalized spacial score (nSPS) is 58.0. The molecule has 1 spiro atoms. The zero-order valence-corrected chi connectivity index (χ0v) is 39.4. The third kappa shape index (κ3) is 6.79. The molecular formula is C48H76O17. The van der Waals surface area contributed by atoms with Crippen LogP contribution in [0, 0.1) is 50.2 Å². The monoisotopic (exact) mass is 925 g/mol. The number of rotatable bonds is 7.